The van der Waals surface area contributed by atoms with Crippen LogP contribution in [0.5, 0.6) is 5.75 Å². The molecule has 0 amide bonds. The quantitative estimate of drug-likeness (QED) is 0.789. The van der Waals surface area contributed by atoms with Crippen LogP contribution >= 0.6 is 0 Å². The third-order valence-electron chi connectivity index (χ3n) is 1.79. The Hall–Kier alpha value is -2.24. The van der Waals surface area contributed by atoms with Gasteiger partial charge in [-0.05, 0) is 29.4 Å². The van der Waals surface area contributed by atoms with E-state index >= 15 is 0 Å². The summed E-state index contributed by atoms with van der Waals surface area (Å²) in [6.45, 7) is 0. The molecular weight excluding hydrogens is 196 g/mol. The normalized spacial score (nSPS) is 9.93. The predicted molar refractivity (Wildman–Crippen MR) is 55.0 cm³/mol. The summed E-state index contributed by atoms with van der Waals surface area (Å²) >= 11 is 0. The zero-order valence-electron chi connectivity index (χ0n) is 8.10. The van der Waals surface area contributed by atoms with E-state index in [9.17, 15) is 0 Å². The van der Waals surface area contributed by atoms with Gasteiger partial charge in [0.25, 0.3) is 5.95 Å². The Balaban J connectivity index is 2.11. The lowest BCUT2D eigenvalue weighted by Gasteiger charge is -2.02. The molecule has 0 aliphatic carbocycles. The molecule has 2 rings (SSSR count). The largest absolute Gasteiger partial charge is 0.497 e. The van der Waals surface area contributed by atoms with Crippen molar-refractivity contribution >= 4 is 17.7 Å². The van der Waals surface area contributed by atoms with Crippen molar-refractivity contribution in [2.45, 2.75) is 0 Å². The Kier molecular flexibility index (Phi) is 2.40. The molecule has 0 fully saturated rings. The predicted octanol–water partition coefficient (Wildman–Crippen LogP) is 1.40. The number of nitrogen functional groups attached to an aromatic ring is 1. The molecule has 1 heterocycles. The van der Waals surface area contributed by atoms with Crippen LogP contribution < -0.4 is 15.8 Å². The molecule has 0 bridgehead atoms. The lowest BCUT2D eigenvalue weighted by molar-refractivity contribution is 0.415. The molecule has 0 atom stereocenters. The van der Waals surface area contributed by atoms with E-state index in [1.54, 1.807) is 7.11 Å². The molecule has 0 radical (unpaired) electrons. The fraction of sp³-hybridized carbons (Fsp3) is 0.111. The Labute approximate surface area is 86.0 Å². The molecule has 78 valence electrons. The minimum atomic E-state index is 0.0333. The first-order chi connectivity index (χ1) is 7.28. The lowest BCUT2D eigenvalue weighted by atomic mass is 10.3. The first-order valence-corrected chi connectivity index (χ1v) is 4.28. The van der Waals surface area contributed by atoms with Crippen LogP contribution in [0.25, 0.3) is 0 Å². The van der Waals surface area contributed by atoms with Crippen LogP contribution in [-0.4, -0.2) is 17.3 Å². The number of anilines is 3. The number of nitrogens with two attached hydrogens (primary N) is 1. The maximum absolute atomic E-state index is 5.28. The van der Waals surface area contributed by atoms with E-state index < -0.39 is 0 Å². The number of aromatic nitrogens is 2. The highest BCUT2D eigenvalue weighted by molar-refractivity contribution is 5.54. The maximum Gasteiger partial charge on any atom is 0.320 e. The van der Waals surface area contributed by atoms with E-state index in [0.29, 0.717) is 5.95 Å². The number of methoxy groups -OCH3 is 1. The molecule has 15 heavy (non-hydrogen) atoms. The number of hydrogen-bond donors (Lipinski definition) is 2. The summed E-state index contributed by atoms with van der Waals surface area (Å²) in [5.41, 5.74) is 6.11. The van der Waals surface area contributed by atoms with Crippen LogP contribution in [0, 0.1) is 0 Å². The molecule has 2 aromatic rings. The van der Waals surface area contributed by atoms with Crippen LogP contribution in [0.4, 0.5) is 17.7 Å². The highest BCUT2D eigenvalue weighted by Gasteiger charge is 2.02. The van der Waals surface area contributed by atoms with Crippen LogP contribution in [0.3, 0.4) is 0 Å². The fourth-order valence-electron chi connectivity index (χ4n) is 1.09. The first kappa shape index (κ1) is 9.32. The lowest BCUT2D eigenvalue weighted by Crippen LogP contribution is -1.92. The summed E-state index contributed by atoms with van der Waals surface area (Å²) in [4.78, 5) is 3.81. The molecule has 0 aliphatic rings. The van der Waals surface area contributed by atoms with Gasteiger partial charge in [-0.25, -0.2) is 0 Å². The first-order valence-electron chi connectivity index (χ1n) is 4.28. The summed E-state index contributed by atoms with van der Waals surface area (Å²) in [6.07, 6.45) is 0. The van der Waals surface area contributed by atoms with Crippen LogP contribution in [0.1, 0.15) is 0 Å². The molecule has 1 aromatic carbocycles. The van der Waals surface area contributed by atoms with E-state index in [2.05, 4.69) is 20.0 Å². The Bertz CT molecular complexity index is 438. The monoisotopic (exact) mass is 206 g/mol. The third kappa shape index (κ3) is 2.16. The average molecular weight is 206 g/mol. The second kappa shape index (κ2) is 3.87. The van der Waals surface area contributed by atoms with Gasteiger partial charge in [0.1, 0.15) is 5.75 Å². The summed E-state index contributed by atoms with van der Waals surface area (Å²) in [7, 11) is 1.61. The summed E-state index contributed by atoms with van der Waals surface area (Å²) in [6, 6.07) is 7.36. The second-order valence-corrected chi connectivity index (χ2v) is 2.81. The third-order valence-corrected chi connectivity index (χ3v) is 1.79. The van der Waals surface area contributed by atoms with E-state index in [1.807, 2.05) is 24.3 Å². The van der Waals surface area contributed by atoms with Gasteiger partial charge in [0, 0.05) is 5.69 Å². The highest BCUT2D eigenvalue weighted by Crippen LogP contribution is 2.18. The van der Waals surface area contributed by atoms with Crippen LogP contribution in [0.15, 0.2) is 28.8 Å². The smallest absolute Gasteiger partial charge is 0.320 e. The molecular formula is C9H10N4O2. The zero-order valence-corrected chi connectivity index (χ0v) is 8.10. The van der Waals surface area contributed by atoms with Crippen molar-refractivity contribution in [3.8, 4) is 5.75 Å². The number of benzene rings is 1. The van der Waals surface area contributed by atoms with Crippen LogP contribution in [0.2, 0.25) is 0 Å². The second-order valence-electron chi connectivity index (χ2n) is 2.81. The average Bonchev–Trinajstić information content (AvgIpc) is 2.65. The maximum atomic E-state index is 5.28. The highest BCUT2D eigenvalue weighted by atomic mass is 16.5. The van der Waals surface area contributed by atoms with Gasteiger partial charge in [-0.15, -0.1) is 0 Å². The Morgan fingerprint density at radius 2 is 2.07 bits per heavy atom. The number of hydrogen-bond acceptors (Lipinski definition) is 6. The number of nitrogens with zero attached hydrogens (tertiary/aromatic N) is 2. The zero-order chi connectivity index (χ0) is 10.7. The molecule has 0 spiro atoms. The SMILES string of the molecule is COc1ccc(Nc2noc(N)n2)cc1. The van der Waals surface area contributed by atoms with Gasteiger partial charge in [0.2, 0.25) is 0 Å². The van der Waals surface area contributed by atoms with Gasteiger partial charge < -0.3 is 20.3 Å². The van der Waals surface area contributed by atoms with Gasteiger partial charge in [-0.3, -0.25) is 0 Å². The standard InChI is InChI=1S/C9H10N4O2/c1-14-7-4-2-6(3-5-7)11-9-12-8(10)15-13-9/h2-5H,1H3,(H3,10,11,12,13). The summed E-state index contributed by atoms with van der Waals surface area (Å²) in [5, 5.41) is 6.52. The number of ether oxygens (including phenoxy) is 1. The van der Waals surface area contributed by atoms with Crippen LogP contribution in [-0.2, 0) is 0 Å². The van der Waals surface area contributed by atoms with E-state index in [-0.39, 0.29) is 6.01 Å². The Morgan fingerprint density at radius 3 is 2.60 bits per heavy atom. The van der Waals surface area contributed by atoms with Crippen molar-refractivity contribution < 1.29 is 9.26 Å². The minimum Gasteiger partial charge on any atom is -0.497 e. The molecule has 6 nitrogen and oxygen atoms in total. The molecule has 0 saturated carbocycles. The van der Waals surface area contributed by atoms with E-state index in [0.717, 1.165) is 11.4 Å². The minimum absolute atomic E-state index is 0.0333. The van der Waals surface area contributed by atoms with Crippen molar-refractivity contribution in [1.29, 1.82) is 0 Å². The van der Waals surface area contributed by atoms with Crippen molar-refractivity contribution in [1.82, 2.24) is 10.1 Å². The summed E-state index contributed by atoms with van der Waals surface area (Å²) < 4.78 is 9.64. The molecule has 0 saturated heterocycles. The van der Waals surface area contributed by atoms with Gasteiger partial charge in [-0.2, -0.15) is 4.98 Å². The molecule has 6 heteroatoms. The molecule has 3 N–H and O–H groups in total. The fourth-order valence-corrected chi connectivity index (χ4v) is 1.09. The van der Waals surface area contributed by atoms with Crippen molar-refractivity contribution in [2.24, 2.45) is 0 Å². The van der Waals surface area contributed by atoms with Gasteiger partial charge in [0.15, 0.2) is 0 Å². The summed E-state index contributed by atoms with van der Waals surface area (Å²) in [5.74, 6) is 1.12. The van der Waals surface area contributed by atoms with E-state index in [1.165, 1.54) is 0 Å². The Morgan fingerprint density at radius 1 is 1.33 bits per heavy atom. The van der Waals surface area contributed by atoms with Gasteiger partial charge in [-0.1, -0.05) is 0 Å². The van der Waals surface area contributed by atoms with Crippen molar-refractivity contribution in [2.75, 3.05) is 18.2 Å². The van der Waals surface area contributed by atoms with Crippen molar-refractivity contribution in [3.05, 3.63) is 24.3 Å². The number of nitrogens with one attached hydrogen (secondary N) is 1. The van der Waals surface area contributed by atoms with Gasteiger partial charge >= 0.3 is 6.01 Å². The number of rotatable bonds is 3. The van der Waals surface area contributed by atoms with Crippen molar-refractivity contribution in [3.63, 3.8) is 0 Å². The van der Waals surface area contributed by atoms with Gasteiger partial charge in [0.05, 0.1) is 7.11 Å². The topological polar surface area (TPSA) is 86.2 Å². The molecule has 1 aromatic heterocycles. The van der Waals surface area contributed by atoms with E-state index in [4.69, 9.17) is 10.5 Å². The molecule has 0 unspecified atom stereocenters. The molecule has 0 aliphatic heterocycles.